The maximum Gasteiger partial charge on any atom is 0.0506 e. The lowest BCUT2D eigenvalue weighted by Crippen LogP contribution is -2.36. The van der Waals surface area contributed by atoms with Crippen molar-refractivity contribution in [2.45, 2.75) is 37.5 Å². The number of hydrogen-bond donors (Lipinski definition) is 1. The number of thioether (sulfide) groups is 1. The zero-order chi connectivity index (χ0) is 9.80. The fourth-order valence-electron chi connectivity index (χ4n) is 2.26. The van der Waals surface area contributed by atoms with E-state index in [0.29, 0.717) is 0 Å². The molecule has 0 aliphatic carbocycles. The Balaban J connectivity index is 1.61. The van der Waals surface area contributed by atoms with Crippen molar-refractivity contribution in [1.82, 2.24) is 5.32 Å². The fraction of sp³-hybridized carbons (Fsp3) is 1.00. The van der Waals surface area contributed by atoms with Crippen molar-refractivity contribution in [2.24, 2.45) is 5.92 Å². The minimum absolute atomic E-state index is 0.761. The van der Waals surface area contributed by atoms with Crippen molar-refractivity contribution in [1.29, 1.82) is 0 Å². The minimum Gasteiger partial charge on any atom is -0.381 e. The molecule has 0 radical (unpaired) electrons. The maximum absolute atomic E-state index is 5.47. The smallest absolute Gasteiger partial charge is 0.0506 e. The number of hydrogen-bond acceptors (Lipinski definition) is 3. The average Bonchev–Trinajstić information content (AvgIpc) is 2.63. The molecule has 3 heteroatoms. The van der Waals surface area contributed by atoms with Crippen molar-refractivity contribution >= 4 is 11.8 Å². The van der Waals surface area contributed by atoms with Crippen LogP contribution in [0.1, 0.15) is 26.2 Å². The van der Waals surface area contributed by atoms with Gasteiger partial charge in [-0.25, -0.2) is 0 Å². The summed E-state index contributed by atoms with van der Waals surface area (Å²) < 4.78 is 5.47. The van der Waals surface area contributed by atoms with Crippen molar-refractivity contribution in [3.05, 3.63) is 0 Å². The van der Waals surface area contributed by atoms with Crippen LogP contribution < -0.4 is 5.32 Å². The monoisotopic (exact) mass is 215 g/mol. The summed E-state index contributed by atoms with van der Waals surface area (Å²) in [5, 5.41) is 4.54. The van der Waals surface area contributed by atoms with Crippen LogP contribution in [-0.2, 0) is 4.74 Å². The van der Waals surface area contributed by atoms with Gasteiger partial charge in [0.15, 0.2) is 0 Å². The quantitative estimate of drug-likeness (QED) is 0.777. The van der Waals surface area contributed by atoms with Gasteiger partial charge in [-0.05, 0) is 25.2 Å². The minimum atomic E-state index is 0.761. The van der Waals surface area contributed by atoms with Crippen molar-refractivity contribution in [2.75, 3.05) is 25.5 Å². The molecule has 2 saturated heterocycles. The third-order valence-corrected chi connectivity index (χ3v) is 4.50. The van der Waals surface area contributed by atoms with Gasteiger partial charge in [-0.3, -0.25) is 0 Å². The number of rotatable bonds is 3. The highest BCUT2D eigenvalue weighted by molar-refractivity contribution is 8.00. The van der Waals surface area contributed by atoms with E-state index in [4.69, 9.17) is 4.74 Å². The van der Waals surface area contributed by atoms with E-state index in [2.05, 4.69) is 24.0 Å². The van der Waals surface area contributed by atoms with Crippen LogP contribution in [0.3, 0.4) is 0 Å². The standard InChI is InChI=1S/C11H21NOS/c1-9-5-11(8-14-9)12-6-10-3-2-4-13-7-10/h9-12H,2-8H2,1H3. The first-order valence-electron chi connectivity index (χ1n) is 5.77. The van der Waals surface area contributed by atoms with Gasteiger partial charge in [0.25, 0.3) is 0 Å². The lowest BCUT2D eigenvalue weighted by Gasteiger charge is -2.24. The van der Waals surface area contributed by atoms with E-state index in [1.165, 1.54) is 25.0 Å². The summed E-state index contributed by atoms with van der Waals surface area (Å²) in [6.07, 6.45) is 3.95. The summed E-state index contributed by atoms with van der Waals surface area (Å²) in [5.41, 5.74) is 0. The Kier molecular flexibility index (Phi) is 4.14. The largest absolute Gasteiger partial charge is 0.381 e. The molecule has 2 fully saturated rings. The van der Waals surface area contributed by atoms with Crippen LogP contribution in [0.15, 0.2) is 0 Å². The predicted molar refractivity (Wildman–Crippen MR) is 61.9 cm³/mol. The molecule has 3 atom stereocenters. The van der Waals surface area contributed by atoms with E-state index in [1.807, 2.05) is 0 Å². The summed E-state index contributed by atoms with van der Waals surface area (Å²) in [6, 6.07) is 0.761. The van der Waals surface area contributed by atoms with Crippen molar-refractivity contribution in [3.8, 4) is 0 Å². The third-order valence-electron chi connectivity index (χ3n) is 3.15. The summed E-state index contributed by atoms with van der Waals surface area (Å²) in [5.74, 6) is 2.07. The first-order chi connectivity index (χ1) is 6.84. The second-order valence-electron chi connectivity index (χ2n) is 4.57. The van der Waals surface area contributed by atoms with Crippen LogP contribution in [0.5, 0.6) is 0 Å². The summed E-state index contributed by atoms with van der Waals surface area (Å²) in [6.45, 7) is 5.45. The topological polar surface area (TPSA) is 21.3 Å². The molecular formula is C11H21NOS. The fourth-order valence-corrected chi connectivity index (χ4v) is 3.44. The van der Waals surface area contributed by atoms with E-state index >= 15 is 0 Å². The molecule has 0 bridgehead atoms. The molecule has 2 aliphatic rings. The van der Waals surface area contributed by atoms with Crippen LogP contribution in [0, 0.1) is 5.92 Å². The van der Waals surface area contributed by atoms with Gasteiger partial charge in [-0.2, -0.15) is 11.8 Å². The highest BCUT2D eigenvalue weighted by Crippen LogP contribution is 2.26. The second kappa shape index (κ2) is 5.38. The summed E-state index contributed by atoms with van der Waals surface area (Å²) in [4.78, 5) is 0. The van der Waals surface area contributed by atoms with E-state index in [9.17, 15) is 0 Å². The first-order valence-corrected chi connectivity index (χ1v) is 6.82. The van der Waals surface area contributed by atoms with Crippen molar-refractivity contribution < 1.29 is 4.74 Å². The average molecular weight is 215 g/mol. The summed E-state index contributed by atoms with van der Waals surface area (Å²) >= 11 is 2.10. The van der Waals surface area contributed by atoms with Gasteiger partial charge in [0, 0.05) is 30.2 Å². The molecule has 2 heterocycles. The lowest BCUT2D eigenvalue weighted by atomic mass is 10.0. The highest BCUT2D eigenvalue weighted by atomic mass is 32.2. The Morgan fingerprint density at radius 1 is 1.50 bits per heavy atom. The van der Waals surface area contributed by atoms with Crippen LogP contribution in [0.4, 0.5) is 0 Å². The van der Waals surface area contributed by atoms with Gasteiger partial charge in [0.2, 0.25) is 0 Å². The van der Waals surface area contributed by atoms with Gasteiger partial charge in [-0.15, -0.1) is 0 Å². The van der Waals surface area contributed by atoms with E-state index in [1.54, 1.807) is 0 Å². The second-order valence-corrected chi connectivity index (χ2v) is 6.04. The predicted octanol–water partition coefficient (Wildman–Crippen LogP) is 1.90. The molecule has 3 unspecified atom stereocenters. The molecule has 0 saturated carbocycles. The summed E-state index contributed by atoms with van der Waals surface area (Å²) in [7, 11) is 0. The van der Waals surface area contributed by atoms with Crippen LogP contribution >= 0.6 is 11.8 Å². The molecule has 14 heavy (non-hydrogen) atoms. The molecule has 2 aliphatic heterocycles. The van der Waals surface area contributed by atoms with Gasteiger partial charge in [-0.1, -0.05) is 6.92 Å². The molecule has 82 valence electrons. The Bertz CT molecular complexity index is 166. The third kappa shape index (κ3) is 3.14. The molecule has 2 rings (SSSR count). The SMILES string of the molecule is CC1CC(NCC2CCCOC2)CS1. The van der Waals surface area contributed by atoms with Gasteiger partial charge >= 0.3 is 0 Å². The maximum atomic E-state index is 5.47. The highest BCUT2D eigenvalue weighted by Gasteiger charge is 2.22. The van der Waals surface area contributed by atoms with Crippen LogP contribution in [0.25, 0.3) is 0 Å². The van der Waals surface area contributed by atoms with E-state index in [0.717, 1.165) is 37.0 Å². The molecule has 0 aromatic rings. The Labute approximate surface area is 91.2 Å². The molecule has 1 N–H and O–H groups in total. The normalized spacial score (nSPS) is 38.8. The first kappa shape index (κ1) is 10.8. The molecule has 2 nitrogen and oxygen atoms in total. The Morgan fingerprint density at radius 3 is 3.07 bits per heavy atom. The zero-order valence-electron chi connectivity index (χ0n) is 9.00. The molecular weight excluding hydrogens is 194 g/mol. The Morgan fingerprint density at radius 2 is 2.43 bits per heavy atom. The molecule has 0 amide bonds. The van der Waals surface area contributed by atoms with Crippen LogP contribution in [-0.4, -0.2) is 36.8 Å². The number of nitrogens with one attached hydrogen (secondary N) is 1. The molecule has 0 aromatic carbocycles. The van der Waals surface area contributed by atoms with Crippen molar-refractivity contribution in [3.63, 3.8) is 0 Å². The number of ether oxygens (including phenoxy) is 1. The molecule has 0 aromatic heterocycles. The van der Waals surface area contributed by atoms with Gasteiger partial charge in [0.1, 0.15) is 0 Å². The zero-order valence-corrected chi connectivity index (χ0v) is 9.81. The van der Waals surface area contributed by atoms with E-state index < -0.39 is 0 Å². The van der Waals surface area contributed by atoms with E-state index in [-0.39, 0.29) is 0 Å². The van der Waals surface area contributed by atoms with Crippen LogP contribution in [0.2, 0.25) is 0 Å². The molecule has 0 spiro atoms. The van der Waals surface area contributed by atoms with Gasteiger partial charge in [0.05, 0.1) is 6.61 Å². The Hall–Kier alpha value is 0.270. The lowest BCUT2D eigenvalue weighted by molar-refractivity contribution is 0.0540. The van der Waals surface area contributed by atoms with Gasteiger partial charge < -0.3 is 10.1 Å².